The van der Waals surface area contributed by atoms with Gasteiger partial charge in [-0.15, -0.1) is 0 Å². The van der Waals surface area contributed by atoms with Crippen LogP contribution in [0.3, 0.4) is 0 Å². The maximum atomic E-state index is 10.5. The first-order valence-corrected chi connectivity index (χ1v) is 4.53. The number of ether oxygens (including phenoxy) is 1. The highest BCUT2D eigenvalue weighted by atomic mass is 16.6. The van der Waals surface area contributed by atoms with Crippen LogP contribution in [0, 0.1) is 17.0 Å². The first-order chi connectivity index (χ1) is 6.65. The van der Waals surface area contributed by atoms with Crippen molar-refractivity contribution in [2.45, 2.75) is 20.3 Å². The number of non-ortho nitro benzene ring substituents is 1. The first-order valence-electron chi connectivity index (χ1n) is 4.53. The van der Waals surface area contributed by atoms with Crippen molar-refractivity contribution in [2.24, 2.45) is 0 Å². The summed E-state index contributed by atoms with van der Waals surface area (Å²) in [5.41, 5.74) is 0.991. The van der Waals surface area contributed by atoms with Crippen molar-refractivity contribution < 1.29 is 9.66 Å². The van der Waals surface area contributed by atoms with Crippen LogP contribution in [0.4, 0.5) is 5.69 Å². The number of rotatable bonds is 4. The van der Waals surface area contributed by atoms with Crippen molar-refractivity contribution in [2.75, 3.05) is 6.61 Å². The lowest BCUT2D eigenvalue weighted by atomic mass is 10.2. The SMILES string of the molecule is CCCOc1cc([N+](=O)[O-])ccc1C. The molecule has 0 aliphatic rings. The second-order valence-electron chi connectivity index (χ2n) is 3.06. The fraction of sp³-hybridized carbons (Fsp3) is 0.400. The second-order valence-corrected chi connectivity index (χ2v) is 3.06. The van der Waals surface area contributed by atoms with Crippen LogP contribution in [0.5, 0.6) is 5.75 Å². The van der Waals surface area contributed by atoms with Gasteiger partial charge in [0.1, 0.15) is 5.75 Å². The van der Waals surface area contributed by atoms with Gasteiger partial charge in [-0.05, 0) is 25.0 Å². The third kappa shape index (κ3) is 2.45. The third-order valence-electron chi connectivity index (χ3n) is 1.84. The Morgan fingerprint density at radius 3 is 2.79 bits per heavy atom. The van der Waals surface area contributed by atoms with Gasteiger partial charge >= 0.3 is 0 Å². The molecular weight excluding hydrogens is 182 g/mol. The zero-order chi connectivity index (χ0) is 10.6. The highest BCUT2D eigenvalue weighted by Crippen LogP contribution is 2.23. The summed E-state index contributed by atoms with van der Waals surface area (Å²) in [6.07, 6.45) is 0.891. The van der Waals surface area contributed by atoms with E-state index in [1.807, 2.05) is 13.8 Å². The molecule has 1 rings (SSSR count). The molecule has 0 aliphatic carbocycles. The van der Waals surface area contributed by atoms with Gasteiger partial charge < -0.3 is 4.74 Å². The molecule has 0 spiro atoms. The Balaban J connectivity index is 2.90. The average Bonchev–Trinajstić information content (AvgIpc) is 2.16. The monoisotopic (exact) mass is 195 g/mol. The summed E-state index contributed by atoms with van der Waals surface area (Å²) < 4.78 is 5.37. The van der Waals surface area contributed by atoms with Gasteiger partial charge in [0.05, 0.1) is 17.6 Å². The van der Waals surface area contributed by atoms with E-state index >= 15 is 0 Å². The Morgan fingerprint density at radius 2 is 2.21 bits per heavy atom. The molecule has 0 heterocycles. The Morgan fingerprint density at radius 1 is 1.50 bits per heavy atom. The molecular formula is C10H13NO3. The van der Waals surface area contributed by atoms with Crippen molar-refractivity contribution in [1.82, 2.24) is 0 Å². The second kappa shape index (κ2) is 4.60. The maximum Gasteiger partial charge on any atom is 0.273 e. The van der Waals surface area contributed by atoms with Gasteiger partial charge in [0.2, 0.25) is 0 Å². The van der Waals surface area contributed by atoms with E-state index in [-0.39, 0.29) is 5.69 Å². The Hall–Kier alpha value is -1.58. The number of hydrogen-bond acceptors (Lipinski definition) is 3. The van der Waals surface area contributed by atoms with Crippen LogP contribution in [0.1, 0.15) is 18.9 Å². The van der Waals surface area contributed by atoms with Crippen LogP contribution in [-0.2, 0) is 0 Å². The molecule has 4 nitrogen and oxygen atoms in total. The molecule has 0 saturated carbocycles. The predicted molar refractivity (Wildman–Crippen MR) is 53.6 cm³/mol. The summed E-state index contributed by atoms with van der Waals surface area (Å²) in [7, 11) is 0. The van der Waals surface area contributed by atoms with E-state index in [1.54, 1.807) is 6.07 Å². The van der Waals surface area contributed by atoms with Crippen LogP contribution >= 0.6 is 0 Å². The van der Waals surface area contributed by atoms with Crippen molar-refractivity contribution in [3.63, 3.8) is 0 Å². The van der Waals surface area contributed by atoms with E-state index < -0.39 is 4.92 Å². The quantitative estimate of drug-likeness (QED) is 0.548. The molecule has 0 aliphatic heterocycles. The van der Waals surface area contributed by atoms with Gasteiger partial charge in [0.25, 0.3) is 5.69 Å². The zero-order valence-corrected chi connectivity index (χ0v) is 8.32. The highest BCUT2D eigenvalue weighted by molar-refractivity contribution is 5.43. The van der Waals surface area contributed by atoms with Crippen molar-refractivity contribution in [1.29, 1.82) is 0 Å². The minimum absolute atomic E-state index is 0.0710. The molecule has 0 amide bonds. The molecule has 0 bridgehead atoms. The molecule has 14 heavy (non-hydrogen) atoms. The summed E-state index contributed by atoms with van der Waals surface area (Å²) in [5, 5.41) is 10.5. The van der Waals surface area contributed by atoms with Crippen LogP contribution in [-0.4, -0.2) is 11.5 Å². The molecule has 1 aromatic rings. The number of nitro groups is 1. The van der Waals surface area contributed by atoms with Gasteiger partial charge in [-0.2, -0.15) is 0 Å². The lowest BCUT2D eigenvalue weighted by Gasteiger charge is -2.06. The molecule has 4 heteroatoms. The van der Waals surface area contributed by atoms with Crippen LogP contribution < -0.4 is 4.74 Å². The van der Waals surface area contributed by atoms with E-state index in [0.29, 0.717) is 12.4 Å². The number of nitrogens with zero attached hydrogens (tertiary/aromatic N) is 1. The van der Waals surface area contributed by atoms with Crippen molar-refractivity contribution >= 4 is 5.69 Å². The standard InChI is InChI=1S/C10H13NO3/c1-3-6-14-10-7-9(11(12)13)5-4-8(10)2/h4-5,7H,3,6H2,1-2H3. The Bertz CT molecular complexity index is 336. The molecule has 0 saturated heterocycles. The molecule has 0 fully saturated rings. The fourth-order valence-electron chi connectivity index (χ4n) is 1.07. The van der Waals surface area contributed by atoms with Crippen LogP contribution in [0.2, 0.25) is 0 Å². The van der Waals surface area contributed by atoms with E-state index in [0.717, 1.165) is 12.0 Å². The minimum Gasteiger partial charge on any atom is -0.493 e. The first kappa shape index (κ1) is 10.5. The van der Waals surface area contributed by atoms with E-state index in [9.17, 15) is 10.1 Å². The maximum absolute atomic E-state index is 10.5. The highest BCUT2D eigenvalue weighted by Gasteiger charge is 2.08. The topological polar surface area (TPSA) is 52.4 Å². The van der Waals surface area contributed by atoms with Gasteiger partial charge in [0, 0.05) is 6.07 Å². The largest absolute Gasteiger partial charge is 0.493 e. The van der Waals surface area contributed by atoms with Crippen LogP contribution in [0.15, 0.2) is 18.2 Å². The van der Waals surface area contributed by atoms with E-state index in [1.165, 1.54) is 12.1 Å². The van der Waals surface area contributed by atoms with Gasteiger partial charge in [-0.1, -0.05) is 6.92 Å². The molecule has 0 unspecified atom stereocenters. The van der Waals surface area contributed by atoms with Gasteiger partial charge in [0.15, 0.2) is 0 Å². The lowest BCUT2D eigenvalue weighted by molar-refractivity contribution is -0.384. The molecule has 0 radical (unpaired) electrons. The normalized spacial score (nSPS) is 9.86. The molecule has 76 valence electrons. The molecule has 0 aromatic heterocycles. The Kier molecular flexibility index (Phi) is 3.45. The minimum atomic E-state index is -0.418. The molecule has 0 N–H and O–H groups in total. The summed E-state index contributed by atoms with van der Waals surface area (Å²) in [6.45, 7) is 4.45. The third-order valence-corrected chi connectivity index (χ3v) is 1.84. The smallest absolute Gasteiger partial charge is 0.273 e. The summed E-state index contributed by atoms with van der Waals surface area (Å²) in [4.78, 5) is 10.1. The lowest BCUT2D eigenvalue weighted by Crippen LogP contribution is -1.98. The fourth-order valence-corrected chi connectivity index (χ4v) is 1.07. The van der Waals surface area contributed by atoms with Gasteiger partial charge in [-0.25, -0.2) is 0 Å². The van der Waals surface area contributed by atoms with Crippen molar-refractivity contribution in [3.05, 3.63) is 33.9 Å². The summed E-state index contributed by atoms with van der Waals surface area (Å²) in [6, 6.07) is 4.64. The number of benzene rings is 1. The number of aryl methyl sites for hydroxylation is 1. The zero-order valence-electron chi connectivity index (χ0n) is 8.32. The summed E-state index contributed by atoms with van der Waals surface area (Å²) >= 11 is 0. The van der Waals surface area contributed by atoms with Gasteiger partial charge in [-0.3, -0.25) is 10.1 Å². The number of hydrogen-bond donors (Lipinski definition) is 0. The van der Waals surface area contributed by atoms with E-state index in [2.05, 4.69) is 0 Å². The van der Waals surface area contributed by atoms with Crippen LogP contribution in [0.25, 0.3) is 0 Å². The predicted octanol–water partition coefficient (Wildman–Crippen LogP) is 2.69. The van der Waals surface area contributed by atoms with Crippen molar-refractivity contribution in [3.8, 4) is 5.75 Å². The Labute approximate surface area is 82.7 Å². The van der Waals surface area contributed by atoms with E-state index in [4.69, 9.17) is 4.74 Å². The summed E-state index contributed by atoms with van der Waals surface area (Å²) in [5.74, 6) is 0.598. The number of nitro benzene ring substituents is 1. The average molecular weight is 195 g/mol. The molecule has 1 aromatic carbocycles. The molecule has 0 atom stereocenters.